The molecule has 13 heteroatoms. The molecule has 0 radical (unpaired) electrons. The van der Waals surface area contributed by atoms with Crippen molar-refractivity contribution in [2.75, 3.05) is 46.8 Å². The molecule has 2 atom stereocenters. The molecule has 0 bridgehead atoms. The Morgan fingerprint density at radius 3 is 1.47 bits per heavy atom. The van der Waals surface area contributed by atoms with E-state index in [1.807, 2.05) is 0 Å². The second-order valence-electron chi connectivity index (χ2n) is 7.97. The highest BCUT2D eigenvalue weighted by molar-refractivity contribution is 5.89. The van der Waals surface area contributed by atoms with Gasteiger partial charge in [0.15, 0.2) is 0 Å². The highest BCUT2D eigenvalue weighted by Crippen LogP contribution is 2.01. The van der Waals surface area contributed by atoms with Gasteiger partial charge >= 0.3 is 0 Å². The van der Waals surface area contributed by atoms with Crippen LogP contribution in [0.5, 0.6) is 0 Å². The summed E-state index contributed by atoms with van der Waals surface area (Å²) in [6.07, 6.45) is 3.78. The van der Waals surface area contributed by atoms with Crippen LogP contribution in [0.25, 0.3) is 0 Å². The number of carbonyl (C=O) groups excluding carboxylic acids is 5. The third-order valence-electron chi connectivity index (χ3n) is 5.25. The van der Waals surface area contributed by atoms with E-state index in [1.54, 1.807) is 14.1 Å². The number of primary amides is 2. The van der Waals surface area contributed by atoms with Crippen LogP contribution < -0.4 is 38.5 Å². The topological polar surface area (TPSA) is 215 Å². The first-order chi connectivity index (χ1) is 16.2. The van der Waals surface area contributed by atoms with Gasteiger partial charge in [0, 0.05) is 26.1 Å². The number of hydrogen-bond acceptors (Lipinski definition) is 8. The van der Waals surface area contributed by atoms with E-state index in [0.29, 0.717) is 51.6 Å². The van der Waals surface area contributed by atoms with Crippen LogP contribution in [0.3, 0.4) is 0 Å². The number of hydrogen-bond donors (Lipinski definition) is 7. The predicted molar refractivity (Wildman–Crippen MR) is 128 cm³/mol. The average Bonchev–Trinajstić information content (AvgIpc) is 2.77. The van der Waals surface area contributed by atoms with E-state index in [1.165, 1.54) is 4.90 Å². The van der Waals surface area contributed by atoms with Crippen molar-refractivity contribution in [3.8, 4) is 0 Å². The molecule has 0 saturated heterocycles. The van der Waals surface area contributed by atoms with Crippen molar-refractivity contribution < 1.29 is 24.0 Å². The van der Waals surface area contributed by atoms with E-state index in [9.17, 15) is 24.0 Å². The molecule has 0 aromatic rings. The first-order valence-electron chi connectivity index (χ1n) is 11.6. The van der Waals surface area contributed by atoms with E-state index in [2.05, 4.69) is 21.3 Å². The van der Waals surface area contributed by atoms with Gasteiger partial charge in [-0.3, -0.25) is 24.0 Å². The molecule has 0 aromatic carbocycles. The molecule has 0 fully saturated rings. The van der Waals surface area contributed by atoms with Crippen molar-refractivity contribution >= 4 is 29.5 Å². The summed E-state index contributed by atoms with van der Waals surface area (Å²) in [5.74, 6) is -2.01. The van der Waals surface area contributed by atoms with Crippen LogP contribution in [-0.2, 0) is 24.0 Å². The van der Waals surface area contributed by atoms with Crippen molar-refractivity contribution in [2.45, 2.75) is 57.0 Å². The molecule has 0 aliphatic rings. The number of nitrogens with one attached hydrogen (secondary N) is 4. The van der Waals surface area contributed by atoms with Crippen LogP contribution in [0.2, 0.25) is 0 Å². The van der Waals surface area contributed by atoms with Crippen LogP contribution in [-0.4, -0.2) is 93.3 Å². The number of nitrogens with two attached hydrogens (primary N) is 3. The second kappa shape index (κ2) is 18.6. The summed E-state index contributed by atoms with van der Waals surface area (Å²) in [6, 6.07) is -0.821. The maximum atomic E-state index is 12.3. The van der Waals surface area contributed by atoms with Crippen molar-refractivity contribution in [1.82, 2.24) is 26.2 Å². The predicted octanol–water partition coefficient (Wildman–Crippen LogP) is -3.12. The maximum absolute atomic E-state index is 12.3. The number of unbranched alkanes of at least 4 members (excludes halogenated alkanes) is 2. The zero-order valence-electron chi connectivity index (χ0n) is 20.4. The quantitative estimate of drug-likeness (QED) is 0.0872. The summed E-state index contributed by atoms with van der Waals surface area (Å²) < 4.78 is 0. The lowest BCUT2D eigenvalue weighted by Gasteiger charge is -2.22. The third kappa shape index (κ3) is 14.4. The Kier molecular flexibility index (Phi) is 17.1. The van der Waals surface area contributed by atoms with E-state index < -0.39 is 23.9 Å². The fraction of sp³-hybridized carbons (Fsp3) is 0.762. The van der Waals surface area contributed by atoms with Crippen LogP contribution in [0, 0.1) is 0 Å². The molecule has 0 aliphatic heterocycles. The molecular formula is C21H42N8O5. The van der Waals surface area contributed by atoms with Gasteiger partial charge in [-0.05, 0) is 52.6 Å². The molecule has 0 saturated carbocycles. The molecule has 0 aliphatic carbocycles. The molecule has 0 aromatic heterocycles. The highest BCUT2D eigenvalue weighted by Gasteiger charge is 2.20. The summed E-state index contributed by atoms with van der Waals surface area (Å²) in [5.41, 5.74) is 16.0. The summed E-state index contributed by atoms with van der Waals surface area (Å²) in [7, 11) is 3.31. The minimum atomic E-state index is -0.424. The first-order valence-corrected chi connectivity index (χ1v) is 11.6. The van der Waals surface area contributed by atoms with Gasteiger partial charge in [0.2, 0.25) is 29.5 Å². The Morgan fingerprint density at radius 2 is 1.15 bits per heavy atom. The van der Waals surface area contributed by atoms with Crippen LogP contribution in [0.15, 0.2) is 0 Å². The van der Waals surface area contributed by atoms with Gasteiger partial charge in [-0.25, -0.2) is 0 Å². The molecule has 0 rings (SSSR count). The van der Waals surface area contributed by atoms with Crippen LogP contribution in [0.4, 0.5) is 0 Å². The van der Waals surface area contributed by atoms with Crippen molar-refractivity contribution in [3.63, 3.8) is 0 Å². The lowest BCUT2D eigenvalue weighted by molar-refractivity contribution is -0.139. The Labute approximate surface area is 201 Å². The number of carbonyl (C=O) groups is 5. The SMILES string of the molecule is CNC(CCCCNC(=O)CN(CC(=O)NCCCCC(NC)C(N)=O)C(=O)CCN)C(N)=O. The monoisotopic (exact) mass is 486 g/mol. The summed E-state index contributed by atoms with van der Waals surface area (Å²) >= 11 is 0. The summed E-state index contributed by atoms with van der Waals surface area (Å²) in [6.45, 7) is 0.345. The van der Waals surface area contributed by atoms with E-state index in [4.69, 9.17) is 17.2 Å². The second-order valence-corrected chi connectivity index (χ2v) is 7.97. The molecule has 0 spiro atoms. The number of rotatable bonds is 20. The van der Waals surface area contributed by atoms with Crippen molar-refractivity contribution in [1.29, 1.82) is 0 Å². The third-order valence-corrected chi connectivity index (χ3v) is 5.25. The molecule has 196 valence electrons. The number of likely N-dealkylation sites (N-methyl/N-ethyl adjacent to an activating group) is 2. The van der Waals surface area contributed by atoms with Gasteiger partial charge < -0.3 is 43.4 Å². The fourth-order valence-electron chi connectivity index (χ4n) is 3.23. The Hall–Kier alpha value is -2.77. The minimum absolute atomic E-state index is 0.0254. The smallest absolute Gasteiger partial charge is 0.239 e. The van der Waals surface area contributed by atoms with Crippen LogP contribution >= 0.6 is 0 Å². The number of nitrogens with zero attached hydrogens (tertiary/aromatic N) is 1. The standard InChI is InChI=1S/C21H42N8O5/c1-25-15(20(23)33)7-3-5-11-27-17(30)13-29(19(32)9-10-22)14-18(31)28-12-6-4-8-16(26-2)21(24)34/h15-16,25-26H,3-14,22H2,1-2H3,(H2,23,33)(H2,24,34)(H,27,30)(H,28,31). The summed E-state index contributed by atoms with van der Waals surface area (Å²) in [5, 5.41) is 11.1. The van der Waals surface area contributed by atoms with Gasteiger partial charge in [-0.1, -0.05) is 0 Å². The van der Waals surface area contributed by atoms with Crippen LogP contribution in [0.1, 0.15) is 44.9 Å². The van der Waals surface area contributed by atoms with Gasteiger partial charge in [0.1, 0.15) is 13.1 Å². The largest absolute Gasteiger partial charge is 0.368 e. The first kappa shape index (κ1) is 31.2. The molecule has 0 heterocycles. The fourth-order valence-corrected chi connectivity index (χ4v) is 3.23. The minimum Gasteiger partial charge on any atom is -0.368 e. The Bertz CT molecular complexity index is 615. The summed E-state index contributed by atoms with van der Waals surface area (Å²) in [4.78, 5) is 60.3. The Morgan fingerprint density at radius 1 is 0.735 bits per heavy atom. The average molecular weight is 487 g/mol. The normalized spacial score (nSPS) is 12.4. The lowest BCUT2D eigenvalue weighted by Crippen LogP contribution is -2.46. The zero-order chi connectivity index (χ0) is 25.9. The molecule has 5 amide bonds. The van der Waals surface area contributed by atoms with Crippen molar-refractivity contribution in [3.05, 3.63) is 0 Å². The maximum Gasteiger partial charge on any atom is 0.239 e. The van der Waals surface area contributed by atoms with E-state index in [0.717, 1.165) is 0 Å². The van der Waals surface area contributed by atoms with Crippen molar-refractivity contribution in [2.24, 2.45) is 17.2 Å². The Balaban J connectivity index is 4.40. The van der Waals surface area contributed by atoms with E-state index in [-0.39, 0.29) is 43.8 Å². The van der Waals surface area contributed by atoms with Gasteiger partial charge in [-0.2, -0.15) is 0 Å². The zero-order valence-corrected chi connectivity index (χ0v) is 20.4. The highest BCUT2D eigenvalue weighted by atomic mass is 16.2. The van der Waals surface area contributed by atoms with Gasteiger partial charge in [-0.15, -0.1) is 0 Å². The molecule has 2 unspecified atom stereocenters. The van der Waals surface area contributed by atoms with Gasteiger partial charge in [0.25, 0.3) is 0 Å². The van der Waals surface area contributed by atoms with Gasteiger partial charge in [0.05, 0.1) is 12.1 Å². The number of amides is 5. The molecule has 10 N–H and O–H groups in total. The molecule has 13 nitrogen and oxygen atoms in total. The lowest BCUT2D eigenvalue weighted by atomic mass is 10.1. The van der Waals surface area contributed by atoms with E-state index >= 15 is 0 Å². The molecular weight excluding hydrogens is 444 g/mol. The molecule has 34 heavy (non-hydrogen) atoms.